The van der Waals surface area contributed by atoms with Crippen LogP contribution in [-0.2, 0) is 0 Å². The van der Waals surface area contributed by atoms with Crippen LogP contribution in [0, 0.1) is 5.82 Å². The molecule has 0 aliphatic carbocycles. The molecule has 0 bridgehead atoms. The minimum atomic E-state index is -1.92. The Kier molecular flexibility index (Phi) is 2.89. The zero-order valence-corrected chi connectivity index (χ0v) is 8.09. The van der Waals surface area contributed by atoms with E-state index in [2.05, 4.69) is 10.2 Å². The van der Waals surface area contributed by atoms with Crippen LogP contribution in [0.3, 0.4) is 0 Å². The highest BCUT2D eigenvalue weighted by Crippen LogP contribution is 2.27. The van der Waals surface area contributed by atoms with Crippen LogP contribution in [0.15, 0.2) is 30.5 Å². The lowest BCUT2D eigenvalue weighted by Gasteiger charge is -2.04. The Balaban J connectivity index is 2.33. The Hall–Kier alpha value is -1.86. The summed E-state index contributed by atoms with van der Waals surface area (Å²) in [4.78, 5) is 0. The number of halogens is 1. The molecular formula is C9H8BFN2O3. The largest absolute Gasteiger partial charge is 0.707 e. The normalized spacial score (nSPS) is 10.2. The lowest BCUT2D eigenvalue weighted by atomic mass is 10.1. The van der Waals surface area contributed by atoms with E-state index >= 15 is 0 Å². The maximum atomic E-state index is 12.7. The van der Waals surface area contributed by atoms with Crippen LogP contribution in [0.2, 0.25) is 0 Å². The second-order valence-corrected chi connectivity index (χ2v) is 3.06. The topological polar surface area (TPSA) is 78.4 Å². The van der Waals surface area contributed by atoms with Crippen LogP contribution in [0.1, 0.15) is 0 Å². The molecule has 0 radical (unpaired) electrons. The number of hydrogen-bond donors (Lipinski definition) is 3. The first-order valence-corrected chi connectivity index (χ1v) is 4.49. The van der Waals surface area contributed by atoms with Crippen LogP contribution in [0.25, 0.3) is 11.3 Å². The fourth-order valence-electron chi connectivity index (χ4n) is 1.30. The summed E-state index contributed by atoms with van der Waals surface area (Å²) in [5.41, 5.74) is 1.09. The molecule has 0 amide bonds. The SMILES string of the molecule is OB(O)Oc1cn[nH]c1-c1ccc(F)cc1. The van der Waals surface area contributed by atoms with Gasteiger partial charge in [0.05, 0.1) is 6.20 Å². The molecule has 82 valence electrons. The van der Waals surface area contributed by atoms with Crippen molar-refractivity contribution in [3.05, 3.63) is 36.3 Å². The van der Waals surface area contributed by atoms with Crippen molar-refractivity contribution in [2.45, 2.75) is 0 Å². The highest BCUT2D eigenvalue weighted by atomic mass is 19.1. The number of nitrogens with one attached hydrogen (secondary N) is 1. The van der Waals surface area contributed by atoms with Gasteiger partial charge >= 0.3 is 7.32 Å². The van der Waals surface area contributed by atoms with Crippen molar-refractivity contribution in [2.75, 3.05) is 0 Å². The monoisotopic (exact) mass is 222 g/mol. The summed E-state index contributed by atoms with van der Waals surface area (Å²) in [6.07, 6.45) is 1.30. The van der Waals surface area contributed by atoms with Gasteiger partial charge < -0.3 is 14.7 Å². The number of rotatable bonds is 3. The molecule has 0 spiro atoms. The zero-order chi connectivity index (χ0) is 11.5. The van der Waals surface area contributed by atoms with Crippen molar-refractivity contribution in [3.8, 4) is 17.0 Å². The number of aromatic nitrogens is 2. The molecule has 7 heteroatoms. The van der Waals surface area contributed by atoms with Gasteiger partial charge in [0.2, 0.25) is 0 Å². The number of hydrogen-bond acceptors (Lipinski definition) is 4. The standard InChI is InChI=1S/C9H8BFN2O3/c11-7-3-1-6(2-4-7)9-8(5-12-13-9)16-10(14)15/h1-5,14-15H,(H,12,13). The minimum absolute atomic E-state index is 0.182. The van der Waals surface area contributed by atoms with E-state index in [9.17, 15) is 4.39 Å². The molecule has 5 nitrogen and oxygen atoms in total. The molecule has 2 aromatic rings. The molecule has 3 N–H and O–H groups in total. The Morgan fingerprint density at radius 3 is 2.56 bits per heavy atom. The molecule has 1 heterocycles. The summed E-state index contributed by atoms with van der Waals surface area (Å²) < 4.78 is 17.4. The molecular weight excluding hydrogens is 214 g/mol. The highest BCUT2D eigenvalue weighted by molar-refractivity contribution is 6.33. The second-order valence-electron chi connectivity index (χ2n) is 3.06. The van der Waals surface area contributed by atoms with Crippen molar-refractivity contribution >= 4 is 7.32 Å². The summed E-state index contributed by atoms with van der Waals surface area (Å²) in [6, 6.07) is 5.63. The fraction of sp³-hybridized carbons (Fsp3) is 0. The lowest BCUT2D eigenvalue weighted by Crippen LogP contribution is -2.20. The van der Waals surface area contributed by atoms with E-state index in [1.54, 1.807) is 0 Å². The third kappa shape index (κ3) is 2.21. The van der Waals surface area contributed by atoms with Gasteiger partial charge in [0, 0.05) is 5.56 Å². The van der Waals surface area contributed by atoms with Gasteiger partial charge in [-0.15, -0.1) is 0 Å². The van der Waals surface area contributed by atoms with E-state index in [1.165, 1.54) is 30.5 Å². The third-order valence-corrected chi connectivity index (χ3v) is 1.97. The maximum absolute atomic E-state index is 12.7. The van der Waals surface area contributed by atoms with Crippen LogP contribution in [0.5, 0.6) is 5.75 Å². The van der Waals surface area contributed by atoms with E-state index in [1.807, 2.05) is 0 Å². The van der Waals surface area contributed by atoms with Crippen molar-refractivity contribution < 1.29 is 19.1 Å². The molecule has 0 aliphatic rings. The predicted octanol–water partition coefficient (Wildman–Crippen LogP) is 0.564. The first kappa shape index (κ1) is 10.7. The van der Waals surface area contributed by atoms with Gasteiger partial charge in [-0.05, 0) is 24.3 Å². The molecule has 2 rings (SSSR count). The summed E-state index contributed by atoms with van der Waals surface area (Å²) >= 11 is 0. The van der Waals surface area contributed by atoms with E-state index in [4.69, 9.17) is 14.7 Å². The molecule has 0 saturated heterocycles. The molecule has 0 unspecified atom stereocenters. The number of aromatic amines is 1. The molecule has 1 aromatic heterocycles. The molecule has 0 atom stereocenters. The van der Waals surface area contributed by atoms with Gasteiger partial charge in [-0.1, -0.05) is 0 Å². The van der Waals surface area contributed by atoms with Crippen LogP contribution >= 0.6 is 0 Å². The van der Waals surface area contributed by atoms with Gasteiger partial charge in [0.25, 0.3) is 0 Å². The van der Waals surface area contributed by atoms with E-state index in [0.717, 1.165) is 0 Å². The zero-order valence-electron chi connectivity index (χ0n) is 8.09. The summed E-state index contributed by atoms with van der Waals surface area (Å²) in [5, 5.41) is 23.7. The molecule has 16 heavy (non-hydrogen) atoms. The maximum Gasteiger partial charge on any atom is 0.707 e. The Labute approximate surface area is 90.7 Å². The van der Waals surface area contributed by atoms with E-state index in [0.29, 0.717) is 11.3 Å². The van der Waals surface area contributed by atoms with Crippen LogP contribution < -0.4 is 4.65 Å². The van der Waals surface area contributed by atoms with E-state index in [-0.39, 0.29) is 11.6 Å². The van der Waals surface area contributed by atoms with Crippen molar-refractivity contribution in [1.29, 1.82) is 0 Å². The Morgan fingerprint density at radius 1 is 1.25 bits per heavy atom. The van der Waals surface area contributed by atoms with Gasteiger partial charge in [-0.25, -0.2) is 4.39 Å². The number of nitrogens with zero attached hydrogens (tertiary/aromatic N) is 1. The first-order chi connectivity index (χ1) is 7.66. The van der Waals surface area contributed by atoms with E-state index < -0.39 is 7.32 Å². The molecule has 1 aromatic carbocycles. The lowest BCUT2D eigenvalue weighted by molar-refractivity contribution is 0.288. The van der Waals surface area contributed by atoms with Crippen molar-refractivity contribution in [2.24, 2.45) is 0 Å². The molecule has 0 fully saturated rings. The minimum Gasteiger partial charge on any atom is -0.509 e. The molecule has 0 saturated carbocycles. The number of benzene rings is 1. The average molecular weight is 222 g/mol. The van der Waals surface area contributed by atoms with Crippen molar-refractivity contribution in [1.82, 2.24) is 10.2 Å². The molecule has 0 aliphatic heterocycles. The summed E-state index contributed by atoms with van der Waals surface area (Å²) in [5.74, 6) is -0.172. The van der Waals surface area contributed by atoms with Crippen LogP contribution in [-0.4, -0.2) is 27.6 Å². The van der Waals surface area contributed by atoms with Gasteiger partial charge in [0.1, 0.15) is 17.3 Å². The summed E-state index contributed by atoms with van der Waals surface area (Å²) in [6.45, 7) is 0. The van der Waals surface area contributed by atoms with Gasteiger partial charge in [-0.2, -0.15) is 5.10 Å². The van der Waals surface area contributed by atoms with Crippen molar-refractivity contribution in [3.63, 3.8) is 0 Å². The fourth-order valence-corrected chi connectivity index (χ4v) is 1.30. The van der Waals surface area contributed by atoms with Gasteiger partial charge in [0.15, 0.2) is 0 Å². The Bertz CT molecular complexity index is 472. The summed E-state index contributed by atoms with van der Waals surface area (Å²) in [7, 11) is -1.92. The smallest absolute Gasteiger partial charge is 0.509 e. The number of H-pyrrole nitrogens is 1. The average Bonchev–Trinajstić information content (AvgIpc) is 2.66. The Morgan fingerprint density at radius 2 is 1.94 bits per heavy atom. The highest BCUT2D eigenvalue weighted by Gasteiger charge is 2.16. The third-order valence-electron chi connectivity index (χ3n) is 1.97. The first-order valence-electron chi connectivity index (χ1n) is 4.49. The second kappa shape index (κ2) is 4.34. The van der Waals surface area contributed by atoms with Crippen LogP contribution in [0.4, 0.5) is 4.39 Å². The van der Waals surface area contributed by atoms with Gasteiger partial charge in [-0.3, -0.25) is 5.10 Å². The quantitative estimate of drug-likeness (QED) is 0.663. The predicted molar refractivity (Wildman–Crippen MR) is 54.8 cm³/mol.